The minimum absolute atomic E-state index is 0.133. The lowest BCUT2D eigenvalue weighted by Gasteiger charge is -2.49. The Bertz CT molecular complexity index is 783. The van der Waals surface area contributed by atoms with E-state index in [4.69, 9.17) is 18.9 Å². The molecule has 6 rings (SSSR count). The number of carbonyl (C=O) groups is 1. The SMILES string of the molecule is CCCC[C@]12[C@@H]3C[C@H]4[C@H]5[C@H](C)C(C6OC(=O)C(CO)=C6OC)O[C@]5(O3)[C@@H]1CCN42. The lowest BCUT2D eigenvalue weighted by molar-refractivity contribution is -0.280. The van der Waals surface area contributed by atoms with E-state index in [1.165, 1.54) is 26.4 Å². The zero-order valence-corrected chi connectivity index (χ0v) is 17.4. The molecular formula is C22H31NO6. The number of esters is 1. The standard InChI is InChI=1S/C22H31NO6/c1-4-5-7-21-14-6-8-23(21)13-9-15(21)28-22(14)16(13)11(2)17(29-22)19-18(26-3)12(10-24)20(25)27-19/h11,13-17,19,24H,4-10H2,1-3H3/t11-,13-,14+,15-,16+,17?,19?,21+,22+/m0/s1. The van der Waals surface area contributed by atoms with Crippen LogP contribution in [0.25, 0.3) is 0 Å². The van der Waals surface area contributed by atoms with Gasteiger partial charge in [0, 0.05) is 17.9 Å². The van der Waals surface area contributed by atoms with Crippen LogP contribution >= 0.6 is 0 Å². The summed E-state index contributed by atoms with van der Waals surface area (Å²) >= 11 is 0. The molecule has 5 fully saturated rings. The second kappa shape index (κ2) is 5.96. The number of piperidine rings is 1. The van der Waals surface area contributed by atoms with Crippen LogP contribution in [0.4, 0.5) is 0 Å². The maximum Gasteiger partial charge on any atom is 0.340 e. The van der Waals surface area contributed by atoms with Gasteiger partial charge in [-0.05, 0) is 31.7 Å². The van der Waals surface area contributed by atoms with Gasteiger partial charge in [-0.1, -0.05) is 26.7 Å². The second-order valence-corrected chi connectivity index (χ2v) is 9.76. The molecule has 1 N–H and O–H groups in total. The molecule has 0 saturated carbocycles. The van der Waals surface area contributed by atoms with Crippen LogP contribution in [0.5, 0.6) is 0 Å². The second-order valence-electron chi connectivity index (χ2n) is 9.76. The van der Waals surface area contributed by atoms with Crippen molar-refractivity contribution in [1.29, 1.82) is 0 Å². The summed E-state index contributed by atoms with van der Waals surface area (Å²) in [5, 5.41) is 9.61. The van der Waals surface area contributed by atoms with Gasteiger partial charge in [0.2, 0.25) is 0 Å². The first-order valence-corrected chi connectivity index (χ1v) is 11.2. The number of ether oxygens (including phenoxy) is 4. The van der Waals surface area contributed by atoms with Gasteiger partial charge in [-0.15, -0.1) is 0 Å². The Morgan fingerprint density at radius 2 is 2.17 bits per heavy atom. The quantitative estimate of drug-likeness (QED) is 0.673. The van der Waals surface area contributed by atoms with E-state index in [0.29, 0.717) is 17.7 Å². The van der Waals surface area contributed by atoms with Crippen molar-refractivity contribution in [3.8, 4) is 0 Å². The lowest BCUT2D eigenvalue weighted by atomic mass is 9.69. The number of aliphatic hydroxyl groups is 1. The van der Waals surface area contributed by atoms with Gasteiger partial charge < -0.3 is 24.1 Å². The molecule has 3 unspecified atom stereocenters. The zero-order chi connectivity index (χ0) is 20.1. The molecule has 6 heterocycles. The van der Waals surface area contributed by atoms with Crippen molar-refractivity contribution in [2.24, 2.45) is 17.8 Å². The first kappa shape index (κ1) is 18.6. The van der Waals surface area contributed by atoms with Crippen molar-refractivity contribution >= 4 is 5.97 Å². The minimum Gasteiger partial charge on any atom is -0.496 e. The molecule has 160 valence electrons. The van der Waals surface area contributed by atoms with Crippen LogP contribution in [0.2, 0.25) is 0 Å². The van der Waals surface area contributed by atoms with Gasteiger partial charge in [0.1, 0.15) is 11.7 Å². The molecule has 7 heteroatoms. The molecule has 0 radical (unpaired) electrons. The highest BCUT2D eigenvalue weighted by atomic mass is 16.7. The molecule has 5 bridgehead atoms. The molecule has 29 heavy (non-hydrogen) atoms. The number of fused-ring (bicyclic) bond motifs is 1. The van der Waals surface area contributed by atoms with Crippen molar-refractivity contribution in [1.82, 2.24) is 4.90 Å². The van der Waals surface area contributed by atoms with E-state index >= 15 is 0 Å². The summed E-state index contributed by atoms with van der Waals surface area (Å²) in [6, 6.07) is 0.480. The van der Waals surface area contributed by atoms with E-state index < -0.39 is 17.9 Å². The average molecular weight is 405 g/mol. The Balaban J connectivity index is 1.38. The normalized spacial score (nSPS) is 53.9. The van der Waals surface area contributed by atoms with Crippen LogP contribution in [0.1, 0.15) is 46.0 Å². The summed E-state index contributed by atoms with van der Waals surface area (Å²) in [6.45, 7) is 5.22. The Morgan fingerprint density at radius 3 is 2.90 bits per heavy atom. The molecule has 0 aliphatic carbocycles. The molecule has 10 atom stereocenters. The van der Waals surface area contributed by atoms with E-state index in [2.05, 4.69) is 18.7 Å². The number of cyclic esters (lactones) is 1. The predicted molar refractivity (Wildman–Crippen MR) is 102 cm³/mol. The fraction of sp³-hybridized carbons (Fsp3) is 0.864. The van der Waals surface area contributed by atoms with E-state index in [1.54, 1.807) is 0 Å². The largest absolute Gasteiger partial charge is 0.496 e. The number of rotatable bonds is 6. The monoisotopic (exact) mass is 405 g/mol. The lowest BCUT2D eigenvalue weighted by Crippen LogP contribution is -2.61. The average Bonchev–Trinajstić information content (AvgIpc) is 3.42. The Morgan fingerprint density at radius 1 is 1.34 bits per heavy atom. The van der Waals surface area contributed by atoms with Crippen molar-refractivity contribution in [2.75, 3.05) is 20.3 Å². The number of hydrogen-bond donors (Lipinski definition) is 1. The first-order valence-electron chi connectivity index (χ1n) is 11.2. The molecule has 0 aromatic heterocycles. The third-order valence-corrected chi connectivity index (χ3v) is 8.95. The van der Waals surface area contributed by atoms with Crippen molar-refractivity contribution in [2.45, 2.75) is 81.6 Å². The molecule has 0 aromatic carbocycles. The van der Waals surface area contributed by atoms with Crippen LogP contribution in [0.3, 0.4) is 0 Å². The smallest absolute Gasteiger partial charge is 0.340 e. The summed E-state index contributed by atoms with van der Waals surface area (Å²) in [4.78, 5) is 15.0. The molecule has 5 saturated heterocycles. The summed E-state index contributed by atoms with van der Waals surface area (Å²) in [6.07, 6.45) is 5.14. The third-order valence-electron chi connectivity index (χ3n) is 8.95. The zero-order valence-electron chi connectivity index (χ0n) is 17.4. The van der Waals surface area contributed by atoms with E-state index in [-0.39, 0.29) is 41.8 Å². The van der Waals surface area contributed by atoms with Gasteiger partial charge in [0.15, 0.2) is 17.7 Å². The van der Waals surface area contributed by atoms with Gasteiger partial charge in [-0.25, -0.2) is 4.79 Å². The van der Waals surface area contributed by atoms with Crippen LogP contribution in [0, 0.1) is 17.8 Å². The summed E-state index contributed by atoms with van der Waals surface area (Å²) in [7, 11) is 1.53. The fourth-order valence-corrected chi connectivity index (χ4v) is 8.10. The number of carbonyl (C=O) groups excluding carboxylic acids is 1. The number of nitrogens with zero attached hydrogens (tertiary/aromatic N) is 1. The number of unbranched alkanes of at least 4 members (excludes halogenated alkanes) is 1. The highest BCUT2D eigenvalue weighted by molar-refractivity contribution is 5.92. The Hall–Kier alpha value is -1.15. The van der Waals surface area contributed by atoms with E-state index in [1.807, 2.05) is 0 Å². The van der Waals surface area contributed by atoms with Gasteiger partial charge in [-0.3, -0.25) is 4.90 Å². The maximum atomic E-state index is 12.3. The Kier molecular flexibility index (Phi) is 3.83. The number of methoxy groups -OCH3 is 1. The molecule has 6 aliphatic rings. The molecule has 7 nitrogen and oxygen atoms in total. The molecule has 0 aromatic rings. The fourth-order valence-electron chi connectivity index (χ4n) is 8.10. The van der Waals surface area contributed by atoms with E-state index in [0.717, 1.165) is 19.4 Å². The molecule has 1 spiro atoms. The van der Waals surface area contributed by atoms with Crippen molar-refractivity contribution in [3.05, 3.63) is 11.3 Å². The molecule has 6 aliphatic heterocycles. The van der Waals surface area contributed by atoms with E-state index in [9.17, 15) is 9.90 Å². The van der Waals surface area contributed by atoms with Crippen LogP contribution in [0.15, 0.2) is 11.3 Å². The van der Waals surface area contributed by atoms with Crippen LogP contribution in [-0.2, 0) is 23.7 Å². The first-order chi connectivity index (χ1) is 14.0. The number of aliphatic hydroxyl groups excluding tert-OH is 1. The maximum absolute atomic E-state index is 12.3. The summed E-state index contributed by atoms with van der Waals surface area (Å²) in [5.41, 5.74) is 0.341. The van der Waals surface area contributed by atoms with Gasteiger partial charge in [0.05, 0.1) is 25.4 Å². The minimum atomic E-state index is -0.607. The van der Waals surface area contributed by atoms with Crippen LogP contribution < -0.4 is 0 Å². The third kappa shape index (κ3) is 1.92. The van der Waals surface area contributed by atoms with Gasteiger partial charge in [-0.2, -0.15) is 0 Å². The summed E-state index contributed by atoms with van der Waals surface area (Å²) in [5.74, 6) is 0.183. The predicted octanol–water partition coefficient (Wildman–Crippen LogP) is 1.59. The molecular weight excluding hydrogens is 374 g/mol. The van der Waals surface area contributed by atoms with Crippen LogP contribution in [-0.4, -0.2) is 71.9 Å². The van der Waals surface area contributed by atoms with Crippen molar-refractivity contribution < 1.29 is 28.8 Å². The Labute approximate surface area is 171 Å². The number of hydrogen-bond acceptors (Lipinski definition) is 7. The topological polar surface area (TPSA) is 77.5 Å². The van der Waals surface area contributed by atoms with Gasteiger partial charge >= 0.3 is 5.97 Å². The summed E-state index contributed by atoms with van der Waals surface area (Å²) < 4.78 is 24.8. The van der Waals surface area contributed by atoms with Gasteiger partial charge in [0.25, 0.3) is 0 Å². The highest BCUT2D eigenvalue weighted by Gasteiger charge is 2.83. The molecule has 0 amide bonds. The highest BCUT2D eigenvalue weighted by Crippen LogP contribution is 2.72. The van der Waals surface area contributed by atoms with Crippen molar-refractivity contribution in [3.63, 3.8) is 0 Å².